The number of benzene rings is 6. The third kappa shape index (κ3) is 11.5. The monoisotopic (exact) mass is 982 g/mol. The Morgan fingerprint density at radius 3 is 0.971 bits per heavy atom. The van der Waals surface area contributed by atoms with E-state index >= 15 is 0 Å². The number of amides is 4. The molecule has 6 aromatic carbocycles. The van der Waals surface area contributed by atoms with Gasteiger partial charge in [-0.15, -0.1) is 0 Å². The summed E-state index contributed by atoms with van der Waals surface area (Å²) < 4.78 is 40.8. The highest BCUT2D eigenvalue weighted by atomic mass is 31.2. The van der Waals surface area contributed by atoms with Crippen molar-refractivity contribution >= 4 is 81.6 Å². The van der Waals surface area contributed by atoms with Gasteiger partial charge in [0.05, 0.1) is 26.4 Å². The number of carbonyl (C=O) groups excluding carboxylic acids is 6. The van der Waals surface area contributed by atoms with Crippen LogP contribution in [0, 0.1) is 41.5 Å². The molecule has 0 bridgehead atoms. The SMILES string of the molecule is Cc1cc(C)c(C(=O)P(=O)(c2ccccc2)c2ccccc2)c(C)c1NC(=O)C(=O)NCCOCCOCCNC(=O)C(=O)Nc1c(C)cc(C)c(C(=O)P(=O)(c2ccccc2)c2ccccc2)c1C. The van der Waals surface area contributed by atoms with Crippen LogP contribution < -0.4 is 42.5 Å². The van der Waals surface area contributed by atoms with E-state index in [4.69, 9.17) is 9.47 Å². The van der Waals surface area contributed by atoms with Crippen LogP contribution in [0.2, 0.25) is 0 Å². The molecule has 0 aliphatic rings. The van der Waals surface area contributed by atoms with Gasteiger partial charge in [0.2, 0.25) is 25.3 Å². The molecular weight excluding hydrogens is 927 g/mol. The summed E-state index contributed by atoms with van der Waals surface area (Å²) in [6.45, 7) is 10.6. The van der Waals surface area contributed by atoms with Gasteiger partial charge in [0.25, 0.3) is 0 Å². The summed E-state index contributed by atoms with van der Waals surface area (Å²) in [4.78, 5) is 80.6. The van der Waals surface area contributed by atoms with Crippen LogP contribution in [0.1, 0.15) is 54.1 Å². The molecule has 6 aromatic rings. The van der Waals surface area contributed by atoms with Crippen LogP contribution in [-0.4, -0.2) is 74.2 Å². The highest BCUT2D eigenvalue weighted by molar-refractivity contribution is 7.94. The molecule has 0 unspecified atom stereocenters. The van der Waals surface area contributed by atoms with Gasteiger partial charge < -0.3 is 39.9 Å². The topological polar surface area (TPSA) is 203 Å². The summed E-state index contributed by atoms with van der Waals surface area (Å²) in [5.74, 6) is -3.77. The molecule has 0 aliphatic heterocycles. The minimum Gasteiger partial charge on any atom is -0.377 e. The number of ether oxygens (including phenoxy) is 2. The van der Waals surface area contributed by atoms with Crippen molar-refractivity contribution in [2.24, 2.45) is 0 Å². The molecule has 362 valence electrons. The summed E-state index contributed by atoms with van der Waals surface area (Å²) in [5.41, 5.74) is 2.93. The first-order valence-corrected chi connectivity index (χ1v) is 26.0. The molecule has 0 spiro atoms. The normalized spacial score (nSPS) is 11.3. The molecular formula is C54H56N4O10P2. The fraction of sp³-hybridized carbons (Fsp3) is 0.222. The van der Waals surface area contributed by atoms with Gasteiger partial charge >= 0.3 is 23.6 Å². The highest BCUT2D eigenvalue weighted by Crippen LogP contribution is 2.50. The van der Waals surface area contributed by atoms with E-state index in [1.165, 1.54) is 0 Å². The molecule has 4 N–H and O–H groups in total. The van der Waals surface area contributed by atoms with Crippen molar-refractivity contribution in [2.75, 3.05) is 50.2 Å². The minimum absolute atomic E-state index is 0.000692. The van der Waals surface area contributed by atoms with Crippen LogP contribution in [0.15, 0.2) is 133 Å². The average molecular weight is 983 g/mol. The van der Waals surface area contributed by atoms with Gasteiger partial charge in [0.1, 0.15) is 0 Å². The second-order valence-electron chi connectivity index (χ2n) is 16.6. The van der Waals surface area contributed by atoms with Crippen LogP contribution in [0.3, 0.4) is 0 Å². The first kappa shape index (κ1) is 52.3. The number of aryl methyl sites for hydroxylation is 4. The molecule has 0 fully saturated rings. The summed E-state index contributed by atoms with van der Waals surface area (Å²) in [5, 5.41) is 11.8. The summed E-state index contributed by atoms with van der Waals surface area (Å²) in [6, 6.07) is 37.7. The molecule has 0 saturated carbocycles. The van der Waals surface area contributed by atoms with Crippen molar-refractivity contribution in [2.45, 2.75) is 41.5 Å². The fourth-order valence-electron chi connectivity index (χ4n) is 8.34. The first-order chi connectivity index (χ1) is 33.5. The molecule has 0 aliphatic carbocycles. The van der Waals surface area contributed by atoms with E-state index in [9.17, 15) is 37.9 Å². The molecule has 0 aromatic heterocycles. The maximum Gasteiger partial charge on any atom is 0.313 e. The number of carbonyl (C=O) groups is 6. The van der Waals surface area contributed by atoms with Gasteiger partial charge in [-0.3, -0.25) is 28.8 Å². The summed E-state index contributed by atoms with van der Waals surface area (Å²) in [6.07, 6.45) is 0. The Kier molecular flexibility index (Phi) is 17.5. The minimum atomic E-state index is -3.85. The summed E-state index contributed by atoms with van der Waals surface area (Å²) >= 11 is 0. The van der Waals surface area contributed by atoms with Crippen LogP contribution in [-0.2, 0) is 37.8 Å². The molecule has 14 nitrogen and oxygen atoms in total. The van der Waals surface area contributed by atoms with E-state index in [1.807, 2.05) is 0 Å². The number of hydrogen-bond acceptors (Lipinski definition) is 10. The molecule has 0 atom stereocenters. The first-order valence-electron chi connectivity index (χ1n) is 22.6. The molecule has 16 heteroatoms. The molecule has 4 amide bonds. The lowest BCUT2D eigenvalue weighted by molar-refractivity contribution is -0.136. The third-order valence-corrected chi connectivity index (χ3v) is 17.4. The van der Waals surface area contributed by atoms with E-state index in [-0.39, 0.29) is 62.0 Å². The van der Waals surface area contributed by atoms with E-state index in [0.29, 0.717) is 54.6 Å². The maximum atomic E-state index is 14.9. The fourth-order valence-corrected chi connectivity index (χ4v) is 13.6. The van der Waals surface area contributed by atoms with E-state index < -0.39 is 49.0 Å². The van der Waals surface area contributed by atoms with Gasteiger partial charge in [-0.1, -0.05) is 133 Å². The van der Waals surface area contributed by atoms with Crippen molar-refractivity contribution in [3.05, 3.63) is 178 Å². The van der Waals surface area contributed by atoms with Gasteiger partial charge in [-0.25, -0.2) is 0 Å². The lowest BCUT2D eigenvalue weighted by Gasteiger charge is -2.22. The number of anilines is 2. The predicted octanol–water partition coefficient (Wildman–Crippen LogP) is 6.69. The maximum absolute atomic E-state index is 14.9. The number of nitrogens with one attached hydrogen (secondary N) is 4. The zero-order valence-corrected chi connectivity index (χ0v) is 41.7. The second-order valence-corrected chi connectivity index (χ2v) is 21.9. The third-order valence-electron chi connectivity index (χ3n) is 11.7. The number of rotatable bonds is 19. The predicted molar refractivity (Wildman–Crippen MR) is 274 cm³/mol. The Hall–Kier alpha value is -7.08. The van der Waals surface area contributed by atoms with Crippen molar-refractivity contribution in [3.8, 4) is 0 Å². The van der Waals surface area contributed by atoms with Crippen molar-refractivity contribution in [3.63, 3.8) is 0 Å². The van der Waals surface area contributed by atoms with Crippen LogP contribution in [0.5, 0.6) is 0 Å². The lowest BCUT2D eigenvalue weighted by Crippen LogP contribution is -2.38. The average Bonchev–Trinajstić information content (AvgIpc) is 3.36. The number of hydrogen-bond donors (Lipinski definition) is 4. The van der Waals surface area contributed by atoms with Gasteiger partial charge in [0.15, 0.2) is 0 Å². The smallest absolute Gasteiger partial charge is 0.313 e. The molecule has 70 heavy (non-hydrogen) atoms. The Bertz CT molecular complexity index is 2730. The standard InChI is InChI=1S/C54H56N4O10P2/c1-35-33-37(3)47(39(5)45(35)53(63)69(65,41-19-11-7-12-20-41)42-21-13-8-14-22-42)57-51(61)49(59)55-27-29-67-31-32-68-30-28-56-50(60)52(62)58-48-38(4)34-36(2)46(40(48)6)54(64)70(66,43-23-15-9-16-24-43)44-25-17-10-18-26-44/h7-26,33-34H,27-32H2,1-6H3,(H,55,59)(H,56,60)(H,57,61)(H,58,62). The van der Waals surface area contributed by atoms with Crippen LogP contribution in [0.4, 0.5) is 11.4 Å². The largest absolute Gasteiger partial charge is 0.377 e. The summed E-state index contributed by atoms with van der Waals surface area (Å²) in [7, 11) is -7.71. The lowest BCUT2D eigenvalue weighted by atomic mass is 9.98. The second kappa shape index (κ2) is 23.5. The quantitative estimate of drug-likeness (QED) is 0.0385. The zero-order chi connectivity index (χ0) is 50.6. The van der Waals surface area contributed by atoms with Gasteiger partial charge in [0, 0.05) is 56.8 Å². The van der Waals surface area contributed by atoms with Crippen molar-refractivity contribution in [1.82, 2.24) is 10.6 Å². The Morgan fingerprint density at radius 2 is 0.686 bits per heavy atom. The van der Waals surface area contributed by atoms with Gasteiger partial charge in [-0.05, 0) is 74.9 Å². The Morgan fingerprint density at radius 1 is 0.400 bits per heavy atom. The molecule has 0 saturated heterocycles. The van der Waals surface area contributed by atoms with Crippen LogP contribution >= 0.6 is 14.3 Å². The molecule has 0 radical (unpaired) electrons. The van der Waals surface area contributed by atoms with Gasteiger partial charge in [-0.2, -0.15) is 0 Å². The van der Waals surface area contributed by atoms with E-state index in [0.717, 1.165) is 0 Å². The Labute approximate surface area is 407 Å². The Balaban J connectivity index is 0.944. The molecule has 0 heterocycles. The molecule has 6 rings (SSSR count). The highest BCUT2D eigenvalue weighted by Gasteiger charge is 2.40. The van der Waals surface area contributed by atoms with E-state index in [2.05, 4.69) is 21.3 Å². The zero-order valence-electron chi connectivity index (χ0n) is 39.9. The van der Waals surface area contributed by atoms with Crippen LogP contribution in [0.25, 0.3) is 0 Å². The van der Waals surface area contributed by atoms with Crippen molar-refractivity contribution in [1.29, 1.82) is 0 Å². The van der Waals surface area contributed by atoms with Crippen molar-refractivity contribution < 1.29 is 47.4 Å². The van der Waals surface area contributed by atoms with E-state index in [1.54, 1.807) is 175 Å².